The Morgan fingerprint density at radius 2 is 1.79 bits per heavy atom. The molecule has 0 aliphatic carbocycles. The summed E-state index contributed by atoms with van der Waals surface area (Å²) >= 11 is 0. The van der Waals surface area contributed by atoms with Crippen molar-refractivity contribution in [3.63, 3.8) is 0 Å². The first kappa shape index (κ1) is 13.9. The van der Waals surface area contributed by atoms with Crippen LogP contribution in [0.3, 0.4) is 0 Å². The number of amides is 1. The highest BCUT2D eigenvalue weighted by Crippen LogP contribution is 2.24. The molecule has 2 rings (SSSR count). The fraction of sp³-hybridized carbons (Fsp3) is 0.533. The topological polar surface area (TPSA) is 41.6 Å². The third-order valence-electron chi connectivity index (χ3n) is 3.41. The van der Waals surface area contributed by atoms with Crippen LogP contribution in [0.2, 0.25) is 0 Å². The normalized spacial score (nSPS) is 15.4. The van der Waals surface area contributed by atoms with Gasteiger partial charge in [-0.2, -0.15) is 0 Å². The highest BCUT2D eigenvalue weighted by molar-refractivity contribution is 5.78. The standard InChI is InChI=1S/C15H22N2O2/c1-11-8-12(2)15(13(3)9-11)19-10-14(18)17-6-4-16-5-7-17/h8-9,16H,4-7,10H2,1-3H3. The smallest absolute Gasteiger partial charge is 0.260 e. The van der Waals surface area contributed by atoms with Gasteiger partial charge in [0.05, 0.1) is 0 Å². The molecule has 0 radical (unpaired) electrons. The first-order chi connectivity index (χ1) is 9.08. The fourth-order valence-electron chi connectivity index (χ4n) is 2.53. The van der Waals surface area contributed by atoms with Crippen molar-refractivity contribution in [2.24, 2.45) is 0 Å². The molecule has 1 amide bonds. The number of piperazine rings is 1. The molecular weight excluding hydrogens is 240 g/mol. The Morgan fingerprint density at radius 3 is 2.37 bits per heavy atom. The number of rotatable bonds is 3. The van der Waals surface area contributed by atoms with E-state index < -0.39 is 0 Å². The Kier molecular flexibility index (Phi) is 4.43. The number of carbonyl (C=O) groups is 1. The molecule has 19 heavy (non-hydrogen) atoms. The maximum Gasteiger partial charge on any atom is 0.260 e. The molecule has 0 bridgehead atoms. The summed E-state index contributed by atoms with van der Waals surface area (Å²) in [6.07, 6.45) is 0. The summed E-state index contributed by atoms with van der Waals surface area (Å²) < 4.78 is 5.73. The number of nitrogens with one attached hydrogen (secondary N) is 1. The van der Waals surface area contributed by atoms with Crippen LogP contribution in [-0.4, -0.2) is 43.6 Å². The molecule has 0 spiro atoms. The van der Waals surface area contributed by atoms with Gasteiger partial charge in [0, 0.05) is 26.2 Å². The zero-order valence-corrected chi connectivity index (χ0v) is 12.0. The summed E-state index contributed by atoms with van der Waals surface area (Å²) in [4.78, 5) is 13.9. The first-order valence-corrected chi connectivity index (χ1v) is 6.77. The molecule has 1 aliphatic heterocycles. The fourth-order valence-corrected chi connectivity index (χ4v) is 2.53. The summed E-state index contributed by atoms with van der Waals surface area (Å²) in [5.41, 5.74) is 3.40. The van der Waals surface area contributed by atoms with E-state index in [1.54, 1.807) is 0 Å². The van der Waals surface area contributed by atoms with Crippen molar-refractivity contribution in [1.29, 1.82) is 0 Å². The van der Waals surface area contributed by atoms with Crippen molar-refractivity contribution in [2.75, 3.05) is 32.8 Å². The number of benzene rings is 1. The van der Waals surface area contributed by atoms with E-state index >= 15 is 0 Å². The molecule has 4 heteroatoms. The SMILES string of the molecule is Cc1cc(C)c(OCC(=O)N2CCNCC2)c(C)c1. The van der Waals surface area contributed by atoms with Crippen LogP contribution in [0.5, 0.6) is 5.75 Å². The molecule has 104 valence electrons. The van der Waals surface area contributed by atoms with E-state index in [0.717, 1.165) is 43.1 Å². The lowest BCUT2D eigenvalue weighted by Crippen LogP contribution is -2.48. The second-order valence-corrected chi connectivity index (χ2v) is 5.15. The van der Waals surface area contributed by atoms with Crippen molar-refractivity contribution in [2.45, 2.75) is 20.8 Å². The summed E-state index contributed by atoms with van der Waals surface area (Å²) in [6.45, 7) is 9.51. The Bertz CT molecular complexity index is 442. The first-order valence-electron chi connectivity index (χ1n) is 6.77. The molecule has 0 saturated carbocycles. The predicted octanol–water partition coefficient (Wildman–Crippen LogP) is 1.42. The second-order valence-electron chi connectivity index (χ2n) is 5.15. The van der Waals surface area contributed by atoms with E-state index in [4.69, 9.17) is 4.74 Å². The Hall–Kier alpha value is -1.55. The van der Waals surface area contributed by atoms with E-state index in [9.17, 15) is 4.79 Å². The highest BCUT2D eigenvalue weighted by atomic mass is 16.5. The number of ether oxygens (including phenoxy) is 1. The third kappa shape index (κ3) is 3.47. The van der Waals surface area contributed by atoms with Crippen LogP contribution < -0.4 is 10.1 Å². The lowest BCUT2D eigenvalue weighted by molar-refractivity contribution is -0.133. The maximum atomic E-state index is 12.0. The lowest BCUT2D eigenvalue weighted by Gasteiger charge is -2.27. The van der Waals surface area contributed by atoms with Crippen LogP contribution in [0.15, 0.2) is 12.1 Å². The van der Waals surface area contributed by atoms with Gasteiger partial charge in [0.25, 0.3) is 5.91 Å². The quantitative estimate of drug-likeness (QED) is 0.896. The molecule has 1 fully saturated rings. The van der Waals surface area contributed by atoms with Gasteiger partial charge in [0.1, 0.15) is 5.75 Å². The Morgan fingerprint density at radius 1 is 1.21 bits per heavy atom. The zero-order chi connectivity index (χ0) is 13.8. The van der Waals surface area contributed by atoms with Gasteiger partial charge in [-0.3, -0.25) is 4.79 Å². The summed E-state index contributed by atoms with van der Waals surface area (Å²) in [7, 11) is 0. The molecule has 0 aromatic heterocycles. The van der Waals surface area contributed by atoms with Gasteiger partial charge in [0.2, 0.25) is 0 Å². The van der Waals surface area contributed by atoms with Crippen LogP contribution >= 0.6 is 0 Å². The van der Waals surface area contributed by atoms with Gasteiger partial charge in [-0.15, -0.1) is 0 Å². The number of aryl methyl sites for hydroxylation is 3. The average molecular weight is 262 g/mol. The van der Waals surface area contributed by atoms with E-state index in [1.807, 2.05) is 18.7 Å². The minimum absolute atomic E-state index is 0.0703. The maximum absolute atomic E-state index is 12.0. The van der Waals surface area contributed by atoms with Gasteiger partial charge in [0.15, 0.2) is 6.61 Å². The molecule has 1 N–H and O–H groups in total. The molecule has 0 unspecified atom stereocenters. The monoisotopic (exact) mass is 262 g/mol. The van der Waals surface area contributed by atoms with E-state index in [2.05, 4.69) is 24.4 Å². The second kappa shape index (κ2) is 6.06. The lowest BCUT2D eigenvalue weighted by atomic mass is 10.1. The molecule has 1 saturated heterocycles. The van der Waals surface area contributed by atoms with Crippen LogP contribution in [0.1, 0.15) is 16.7 Å². The minimum atomic E-state index is 0.0703. The highest BCUT2D eigenvalue weighted by Gasteiger charge is 2.17. The number of hydrogen-bond donors (Lipinski definition) is 1. The average Bonchev–Trinajstić information content (AvgIpc) is 2.38. The summed E-state index contributed by atoms with van der Waals surface area (Å²) in [6, 6.07) is 4.16. The molecule has 0 atom stereocenters. The van der Waals surface area contributed by atoms with Gasteiger partial charge in [-0.25, -0.2) is 0 Å². The van der Waals surface area contributed by atoms with Crippen LogP contribution in [0.4, 0.5) is 0 Å². The van der Waals surface area contributed by atoms with Crippen molar-refractivity contribution >= 4 is 5.91 Å². The molecule has 1 aromatic carbocycles. The number of carbonyl (C=O) groups excluding carboxylic acids is 1. The number of nitrogens with zero attached hydrogens (tertiary/aromatic N) is 1. The van der Waals surface area contributed by atoms with Crippen LogP contribution in [0, 0.1) is 20.8 Å². The van der Waals surface area contributed by atoms with E-state index in [0.29, 0.717) is 0 Å². The van der Waals surface area contributed by atoms with E-state index in [1.165, 1.54) is 5.56 Å². The molecule has 1 heterocycles. The van der Waals surface area contributed by atoms with E-state index in [-0.39, 0.29) is 12.5 Å². The van der Waals surface area contributed by atoms with Crippen LogP contribution in [-0.2, 0) is 4.79 Å². The molecular formula is C15H22N2O2. The largest absolute Gasteiger partial charge is 0.483 e. The van der Waals surface area contributed by atoms with Crippen molar-refractivity contribution in [1.82, 2.24) is 10.2 Å². The zero-order valence-electron chi connectivity index (χ0n) is 12.0. The van der Waals surface area contributed by atoms with Crippen molar-refractivity contribution in [3.8, 4) is 5.75 Å². The third-order valence-corrected chi connectivity index (χ3v) is 3.41. The Balaban J connectivity index is 1.96. The van der Waals surface area contributed by atoms with Crippen molar-refractivity contribution < 1.29 is 9.53 Å². The molecule has 1 aromatic rings. The molecule has 4 nitrogen and oxygen atoms in total. The molecule has 1 aliphatic rings. The van der Waals surface area contributed by atoms with Crippen molar-refractivity contribution in [3.05, 3.63) is 28.8 Å². The predicted molar refractivity (Wildman–Crippen MR) is 75.6 cm³/mol. The van der Waals surface area contributed by atoms with Crippen LogP contribution in [0.25, 0.3) is 0 Å². The summed E-state index contributed by atoms with van der Waals surface area (Å²) in [5, 5.41) is 3.23. The van der Waals surface area contributed by atoms with Gasteiger partial charge < -0.3 is 15.0 Å². The van der Waals surface area contributed by atoms with Gasteiger partial charge in [-0.05, 0) is 31.9 Å². The van der Waals surface area contributed by atoms with Gasteiger partial charge >= 0.3 is 0 Å². The Labute approximate surface area is 114 Å². The summed E-state index contributed by atoms with van der Waals surface area (Å²) in [5.74, 6) is 0.912. The number of hydrogen-bond acceptors (Lipinski definition) is 3. The minimum Gasteiger partial charge on any atom is -0.483 e. The van der Waals surface area contributed by atoms with Gasteiger partial charge in [-0.1, -0.05) is 17.7 Å².